The summed E-state index contributed by atoms with van der Waals surface area (Å²) >= 11 is 7.40. The Bertz CT molecular complexity index is 338. The van der Waals surface area contributed by atoms with Crippen LogP contribution >= 0.6 is 31.9 Å². The van der Waals surface area contributed by atoms with Gasteiger partial charge in [-0.05, 0) is 18.3 Å². The Morgan fingerprint density at radius 3 is 2.47 bits per heavy atom. The minimum absolute atomic E-state index is 0.0926. The van der Waals surface area contributed by atoms with Crippen molar-refractivity contribution in [2.75, 3.05) is 0 Å². The van der Waals surface area contributed by atoms with E-state index in [1.165, 1.54) is 0 Å². The number of alkyl halides is 2. The van der Waals surface area contributed by atoms with Crippen molar-refractivity contribution in [3.05, 3.63) is 0 Å². The summed E-state index contributed by atoms with van der Waals surface area (Å²) in [6.45, 7) is 4.15. The van der Waals surface area contributed by atoms with E-state index in [-0.39, 0.29) is 20.0 Å². The SMILES string of the molecule is CC1(C)[C@H](O)[C@@]2(Br)CC[C@]1(CC#N)[C@@H]2Br. The normalized spacial score (nSPS) is 51.7. The molecule has 0 aromatic heterocycles. The molecule has 2 rings (SSSR count). The Kier molecular flexibility index (Phi) is 2.54. The third-order valence-electron chi connectivity index (χ3n) is 4.68. The fourth-order valence-corrected chi connectivity index (χ4v) is 6.14. The first-order valence-electron chi connectivity index (χ1n) is 5.21. The monoisotopic (exact) mass is 335 g/mol. The lowest BCUT2D eigenvalue weighted by molar-refractivity contribution is -0.0276. The van der Waals surface area contributed by atoms with Crippen molar-refractivity contribution in [2.45, 2.75) is 48.4 Å². The molecule has 2 aliphatic carbocycles. The lowest BCUT2D eigenvalue weighted by Gasteiger charge is -2.44. The van der Waals surface area contributed by atoms with E-state index in [1.807, 2.05) is 0 Å². The zero-order chi connectivity index (χ0) is 11.5. The van der Waals surface area contributed by atoms with Crippen LogP contribution in [-0.2, 0) is 0 Å². The highest BCUT2D eigenvalue weighted by Crippen LogP contribution is 2.72. The van der Waals surface area contributed by atoms with Gasteiger partial charge in [0, 0.05) is 16.7 Å². The molecule has 0 radical (unpaired) electrons. The zero-order valence-corrected chi connectivity index (χ0v) is 12.1. The molecule has 2 aliphatic rings. The molecule has 0 aromatic rings. The van der Waals surface area contributed by atoms with Crippen LogP contribution in [-0.4, -0.2) is 20.4 Å². The van der Waals surface area contributed by atoms with Gasteiger partial charge in [-0.2, -0.15) is 5.26 Å². The van der Waals surface area contributed by atoms with Crippen LogP contribution in [0.15, 0.2) is 0 Å². The van der Waals surface area contributed by atoms with E-state index in [0.29, 0.717) is 6.42 Å². The molecule has 2 bridgehead atoms. The maximum Gasteiger partial charge on any atom is 0.0761 e. The van der Waals surface area contributed by atoms with Gasteiger partial charge in [-0.15, -0.1) is 0 Å². The standard InChI is InChI=1S/C11H15Br2NO/c1-9(2)8(15)11(13)4-3-10(9,5-6-14)7(11)12/h7-8,15H,3-5H2,1-2H3/t7-,8-,10-,11+/m0/s1. The zero-order valence-electron chi connectivity index (χ0n) is 8.93. The van der Waals surface area contributed by atoms with Crippen LogP contribution in [0.1, 0.15) is 33.1 Å². The van der Waals surface area contributed by atoms with E-state index in [0.717, 1.165) is 12.8 Å². The van der Waals surface area contributed by atoms with Gasteiger partial charge in [-0.25, -0.2) is 0 Å². The number of halogens is 2. The summed E-state index contributed by atoms with van der Waals surface area (Å²) in [6, 6.07) is 2.29. The molecule has 15 heavy (non-hydrogen) atoms. The minimum Gasteiger partial charge on any atom is -0.391 e. The van der Waals surface area contributed by atoms with Crippen molar-refractivity contribution >= 4 is 31.9 Å². The molecular weight excluding hydrogens is 322 g/mol. The van der Waals surface area contributed by atoms with Crippen molar-refractivity contribution in [3.8, 4) is 6.07 Å². The van der Waals surface area contributed by atoms with Gasteiger partial charge in [-0.3, -0.25) is 0 Å². The first-order chi connectivity index (χ1) is 6.83. The lowest BCUT2D eigenvalue weighted by atomic mass is 9.62. The molecule has 2 saturated carbocycles. The maximum atomic E-state index is 10.4. The Labute approximate surface area is 107 Å². The second-order valence-electron chi connectivity index (χ2n) is 5.40. The summed E-state index contributed by atoms with van der Waals surface area (Å²) < 4.78 is -0.243. The van der Waals surface area contributed by atoms with Gasteiger partial charge in [-0.1, -0.05) is 45.7 Å². The molecule has 0 aliphatic heterocycles. The molecule has 0 spiro atoms. The third-order valence-corrected chi connectivity index (χ3v) is 8.27. The van der Waals surface area contributed by atoms with E-state index in [2.05, 4.69) is 51.8 Å². The van der Waals surface area contributed by atoms with Gasteiger partial charge in [0.1, 0.15) is 0 Å². The molecule has 2 fully saturated rings. The summed E-state index contributed by atoms with van der Waals surface area (Å²) in [5.41, 5.74) is -0.302. The van der Waals surface area contributed by atoms with E-state index in [9.17, 15) is 5.11 Å². The molecule has 4 atom stereocenters. The van der Waals surface area contributed by atoms with Crippen molar-refractivity contribution in [1.82, 2.24) is 0 Å². The maximum absolute atomic E-state index is 10.4. The smallest absolute Gasteiger partial charge is 0.0761 e. The van der Waals surface area contributed by atoms with Gasteiger partial charge < -0.3 is 5.11 Å². The summed E-state index contributed by atoms with van der Waals surface area (Å²) in [5, 5.41) is 19.4. The Morgan fingerprint density at radius 1 is 1.47 bits per heavy atom. The average molecular weight is 337 g/mol. The second kappa shape index (κ2) is 3.21. The third kappa shape index (κ3) is 1.13. The molecule has 1 N–H and O–H groups in total. The summed E-state index contributed by atoms with van der Waals surface area (Å²) in [4.78, 5) is 0.183. The van der Waals surface area contributed by atoms with Crippen LogP contribution in [0, 0.1) is 22.2 Å². The number of rotatable bonds is 1. The van der Waals surface area contributed by atoms with Gasteiger partial charge in [0.2, 0.25) is 0 Å². The van der Waals surface area contributed by atoms with Gasteiger partial charge >= 0.3 is 0 Å². The largest absolute Gasteiger partial charge is 0.391 e. The van der Waals surface area contributed by atoms with Crippen LogP contribution in [0.4, 0.5) is 0 Å². The highest BCUT2D eigenvalue weighted by atomic mass is 79.9. The van der Waals surface area contributed by atoms with Gasteiger partial charge in [0.05, 0.1) is 16.5 Å². The highest BCUT2D eigenvalue weighted by Gasteiger charge is 2.73. The quantitative estimate of drug-likeness (QED) is 0.748. The molecule has 0 heterocycles. The minimum atomic E-state index is -0.392. The number of nitrogens with zero attached hydrogens (tertiary/aromatic N) is 1. The second-order valence-corrected chi connectivity index (χ2v) is 7.80. The molecule has 4 heteroatoms. The number of hydrogen-bond donors (Lipinski definition) is 1. The summed E-state index contributed by atoms with van der Waals surface area (Å²) in [7, 11) is 0. The van der Waals surface area contributed by atoms with Crippen molar-refractivity contribution in [1.29, 1.82) is 5.26 Å². The topological polar surface area (TPSA) is 44.0 Å². The number of aliphatic hydroxyl groups is 1. The first kappa shape index (κ1) is 11.9. The Hall–Kier alpha value is 0.410. The predicted molar refractivity (Wildman–Crippen MR) is 66.1 cm³/mol. The number of hydrogen-bond acceptors (Lipinski definition) is 2. The van der Waals surface area contributed by atoms with E-state index >= 15 is 0 Å². The van der Waals surface area contributed by atoms with Crippen LogP contribution in [0.5, 0.6) is 0 Å². The summed E-state index contributed by atoms with van der Waals surface area (Å²) in [5.74, 6) is 0. The Morgan fingerprint density at radius 2 is 2.07 bits per heavy atom. The fraction of sp³-hybridized carbons (Fsp3) is 0.909. The number of fused-ring (bicyclic) bond motifs is 2. The predicted octanol–water partition coefficient (Wildman–Crippen LogP) is 2.98. The van der Waals surface area contributed by atoms with E-state index < -0.39 is 6.10 Å². The van der Waals surface area contributed by atoms with Crippen molar-refractivity contribution in [2.24, 2.45) is 10.8 Å². The first-order valence-corrected chi connectivity index (χ1v) is 6.92. The lowest BCUT2D eigenvalue weighted by Crippen LogP contribution is -2.46. The van der Waals surface area contributed by atoms with Crippen LogP contribution in [0.3, 0.4) is 0 Å². The summed E-state index contributed by atoms with van der Waals surface area (Å²) in [6.07, 6.45) is 2.07. The van der Waals surface area contributed by atoms with E-state index in [4.69, 9.17) is 5.26 Å². The molecular formula is C11H15Br2NO. The number of nitriles is 1. The van der Waals surface area contributed by atoms with Crippen LogP contribution in [0.25, 0.3) is 0 Å². The molecule has 2 nitrogen and oxygen atoms in total. The van der Waals surface area contributed by atoms with Crippen LogP contribution < -0.4 is 0 Å². The van der Waals surface area contributed by atoms with Crippen molar-refractivity contribution < 1.29 is 5.11 Å². The molecule has 0 unspecified atom stereocenters. The fourth-order valence-electron chi connectivity index (χ4n) is 3.47. The van der Waals surface area contributed by atoms with Gasteiger partial charge in [0.25, 0.3) is 0 Å². The van der Waals surface area contributed by atoms with E-state index in [1.54, 1.807) is 0 Å². The van der Waals surface area contributed by atoms with Crippen LogP contribution in [0.2, 0.25) is 0 Å². The Balaban J connectivity index is 2.52. The molecule has 84 valence electrons. The average Bonchev–Trinajstić information content (AvgIpc) is 2.48. The van der Waals surface area contributed by atoms with Gasteiger partial charge in [0.15, 0.2) is 0 Å². The number of aliphatic hydroxyl groups excluding tert-OH is 1. The highest BCUT2D eigenvalue weighted by molar-refractivity contribution is 9.12. The molecule has 0 amide bonds. The molecule has 0 aromatic carbocycles. The molecule has 0 saturated heterocycles. The van der Waals surface area contributed by atoms with Crippen molar-refractivity contribution in [3.63, 3.8) is 0 Å².